The Morgan fingerprint density at radius 3 is 1.94 bits per heavy atom. The fraction of sp³-hybridized carbons (Fsp3) is 0.917. The molecule has 0 spiro atoms. The molecule has 0 aliphatic heterocycles. The Bertz CT molecular complexity index is 253. The number of hydrogen-bond donors (Lipinski definition) is 0. The molecule has 0 aromatic heterocycles. The zero-order chi connectivity index (χ0) is 13.1. The van der Waals surface area contributed by atoms with E-state index in [1.54, 1.807) is 4.90 Å². The van der Waals surface area contributed by atoms with Crippen LogP contribution in [0.2, 0.25) is 0 Å². The van der Waals surface area contributed by atoms with Crippen LogP contribution in [-0.4, -0.2) is 30.1 Å². The van der Waals surface area contributed by atoms with Crippen LogP contribution in [0.4, 0.5) is 13.2 Å². The molecule has 0 saturated heterocycles. The van der Waals surface area contributed by atoms with Crippen molar-refractivity contribution >= 4 is 5.91 Å². The summed E-state index contributed by atoms with van der Waals surface area (Å²) in [6, 6.07) is 0. The molecular weight excluding hydrogens is 231 g/mol. The molecule has 1 saturated carbocycles. The van der Waals surface area contributed by atoms with E-state index in [4.69, 9.17) is 0 Å². The van der Waals surface area contributed by atoms with E-state index in [0.29, 0.717) is 25.9 Å². The first-order chi connectivity index (χ1) is 7.90. The molecule has 0 aromatic rings. The summed E-state index contributed by atoms with van der Waals surface area (Å²) in [4.78, 5) is 13.7. The van der Waals surface area contributed by atoms with Crippen molar-refractivity contribution in [3.05, 3.63) is 0 Å². The van der Waals surface area contributed by atoms with E-state index >= 15 is 0 Å². The summed E-state index contributed by atoms with van der Waals surface area (Å²) >= 11 is 0. The lowest BCUT2D eigenvalue weighted by Crippen LogP contribution is -2.39. The van der Waals surface area contributed by atoms with Gasteiger partial charge in [-0.1, -0.05) is 0 Å². The van der Waals surface area contributed by atoms with Crippen LogP contribution in [0, 0.1) is 11.8 Å². The molecule has 0 radical (unpaired) electrons. The average Bonchev–Trinajstić information content (AvgIpc) is 2.29. The highest BCUT2D eigenvalue weighted by molar-refractivity contribution is 5.78. The number of halogens is 3. The topological polar surface area (TPSA) is 20.3 Å². The standard InChI is InChI=1S/C12H20F3NO/c1-3-16(4-2)11(17)9-5-7-10(8-6-9)12(13,14)15/h9-10H,3-8H2,1-2H3. The van der Waals surface area contributed by atoms with E-state index in [-0.39, 0.29) is 24.7 Å². The van der Waals surface area contributed by atoms with Gasteiger partial charge >= 0.3 is 6.18 Å². The summed E-state index contributed by atoms with van der Waals surface area (Å²) in [5.41, 5.74) is 0. The maximum absolute atomic E-state index is 12.5. The van der Waals surface area contributed by atoms with Gasteiger partial charge in [0.25, 0.3) is 0 Å². The van der Waals surface area contributed by atoms with Gasteiger partial charge in [-0.05, 0) is 39.5 Å². The first kappa shape index (κ1) is 14.3. The number of rotatable bonds is 3. The number of carbonyl (C=O) groups excluding carboxylic acids is 1. The van der Waals surface area contributed by atoms with E-state index in [9.17, 15) is 18.0 Å². The number of hydrogen-bond acceptors (Lipinski definition) is 1. The lowest BCUT2D eigenvalue weighted by atomic mass is 9.81. The first-order valence-electron chi connectivity index (χ1n) is 6.25. The third kappa shape index (κ3) is 3.61. The quantitative estimate of drug-likeness (QED) is 0.754. The minimum atomic E-state index is -4.09. The van der Waals surface area contributed by atoms with Crippen LogP contribution in [0.5, 0.6) is 0 Å². The van der Waals surface area contributed by atoms with E-state index in [1.807, 2.05) is 13.8 Å². The average molecular weight is 251 g/mol. The third-order valence-electron chi connectivity index (χ3n) is 3.61. The van der Waals surface area contributed by atoms with Gasteiger partial charge < -0.3 is 4.90 Å². The van der Waals surface area contributed by atoms with Crippen LogP contribution in [0.1, 0.15) is 39.5 Å². The Morgan fingerprint density at radius 1 is 1.12 bits per heavy atom. The van der Waals surface area contributed by atoms with E-state index in [2.05, 4.69) is 0 Å². The van der Waals surface area contributed by atoms with Crippen molar-refractivity contribution in [2.24, 2.45) is 11.8 Å². The lowest BCUT2D eigenvalue weighted by molar-refractivity contribution is -0.185. The Morgan fingerprint density at radius 2 is 1.59 bits per heavy atom. The molecule has 100 valence electrons. The maximum Gasteiger partial charge on any atom is 0.391 e. The number of alkyl halides is 3. The summed E-state index contributed by atoms with van der Waals surface area (Å²) in [6.45, 7) is 5.05. The van der Waals surface area contributed by atoms with Crippen molar-refractivity contribution in [1.29, 1.82) is 0 Å². The second-order valence-electron chi connectivity index (χ2n) is 4.60. The molecule has 1 fully saturated rings. The molecule has 0 atom stereocenters. The molecule has 2 nitrogen and oxygen atoms in total. The normalized spacial score (nSPS) is 25.7. The zero-order valence-corrected chi connectivity index (χ0v) is 10.4. The zero-order valence-electron chi connectivity index (χ0n) is 10.4. The van der Waals surface area contributed by atoms with Crippen LogP contribution in [0.3, 0.4) is 0 Å². The Labute approximate surface area is 100 Å². The van der Waals surface area contributed by atoms with Crippen molar-refractivity contribution in [3.8, 4) is 0 Å². The maximum atomic E-state index is 12.5. The van der Waals surface area contributed by atoms with Crippen molar-refractivity contribution in [2.75, 3.05) is 13.1 Å². The second-order valence-corrected chi connectivity index (χ2v) is 4.60. The van der Waals surface area contributed by atoms with Crippen LogP contribution in [0.15, 0.2) is 0 Å². The molecule has 1 rings (SSSR count). The molecule has 0 heterocycles. The summed E-state index contributed by atoms with van der Waals surface area (Å²) in [7, 11) is 0. The summed E-state index contributed by atoms with van der Waals surface area (Å²) in [5, 5.41) is 0. The highest BCUT2D eigenvalue weighted by Crippen LogP contribution is 2.39. The van der Waals surface area contributed by atoms with Gasteiger partial charge in [0, 0.05) is 19.0 Å². The van der Waals surface area contributed by atoms with Crippen LogP contribution in [0.25, 0.3) is 0 Å². The van der Waals surface area contributed by atoms with E-state index in [0.717, 1.165) is 0 Å². The van der Waals surface area contributed by atoms with Gasteiger partial charge in [-0.15, -0.1) is 0 Å². The largest absolute Gasteiger partial charge is 0.391 e. The Balaban J connectivity index is 2.49. The van der Waals surface area contributed by atoms with Gasteiger partial charge in [-0.25, -0.2) is 0 Å². The second kappa shape index (κ2) is 5.74. The van der Waals surface area contributed by atoms with Crippen LogP contribution >= 0.6 is 0 Å². The van der Waals surface area contributed by atoms with Gasteiger partial charge in [0.15, 0.2) is 0 Å². The van der Waals surface area contributed by atoms with E-state index < -0.39 is 12.1 Å². The van der Waals surface area contributed by atoms with Gasteiger partial charge in [0.05, 0.1) is 5.92 Å². The Kier molecular flexibility index (Phi) is 4.83. The smallest absolute Gasteiger partial charge is 0.343 e. The molecule has 1 aliphatic carbocycles. The molecular formula is C12H20F3NO. The van der Waals surface area contributed by atoms with Gasteiger partial charge in [0.1, 0.15) is 0 Å². The molecule has 0 bridgehead atoms. The molecule has 0 aromatic carbocycles. The van der Waals surface area contributed by atoms with Crippen molar-refractivity contribution in [3.63, 3.8) is 0 Å². The summed E-state index contributed by atoms with van der Waals surface area (Å²) in [5.74, 6) is -1.38. The molecule has 0 unspecified atom stereocenters. The van der Waals surface area contributed by atoms with Crippen molar-refractivity contribution in [2.45, 2.75) is 45.7 Å². The summed E-state index contributed by atoms with van der Waals surface area (Å²) < 4.78 is 37.4. The number of nitrogens with zero attached hydrogens (tertiary/aromatic N) is 1. The number of amides is 1. The molecule has 1 amide bonds. The fourth-order valence-electron chi connectivity index (χ4n) is 2.46. The Hall–Kier alpha value is -0.740. The molecule has 17 heavy (non-hydrogen) atoms. The van der Waals surface area contributed by atoms with Crippen molar-refractivity contribution in [1.82, 2.24) is 4.90 Å². The monoisotopic (exact) mass is 251 g/mol. The minimum absolute atomic E-state index is 0.0237. The fourth-order valence-corrected chi connectivity index (χ4v) is 2.46. The predicted octanol–water partition coefficient (Wildman–Crippen LogP) is 3.22. The van der Waals surface area contributed by atoms with Gasteiger partial charge in [-0.3, -0.25) is 4.79 Å². The van der Waals surface area contributed by atoms with Crippen LogP contribution < -0.4 is 0 Å². The molecule has 1 aliphatic rings. The lowest BCUT2D eigenvalue weighted by Gasteiger charge is -2.32. The number of carbonyl (C=O) groups is 1. The van der Waals surface area contributed by atoms with Crippen LogP contribution in [-0.2, 0) is 4.79 Å². The van der Waals surface area contributed by atoms with E-state index in [1.165, 1.54) is 0 Å². The third-order valence-corrected chi connectivity index (χ3v) is 3.61. The summed E-state index contributed by atoms with van der Waals surface area (Å²) in [6.07, 6.45) is -3.15. The molecule has 0 N–H and O–H groups in total. The highest BCUT2D eigenvalue weighted by Gasteiger charge is 2.42. The first-order valence-corrected chi connectivity index (χ1v) is 6.25. The molecule has 5 heteroatoms. The van der Waals surface area contributed by atoms with Gasteiger partial charge in [-0.2, -0.15) is 13.2 Å². The minimum Gasteiger partial charge on any atom is -0.343 e. The predicted molar refractivity (Wildman–Crippen MR) is 59.4 cm³/mol. The SMILES string of the molecule is CCN(CC)C(=O)C1CCC(C(F)(F)F)CC1. The van der Waals surface area contributed by atoms with Gasteiger partial charge in [0.2, 0.25) is 5.91 Å². The highest BCUT2D eigenvalue weighted by atomic mass is 19.4. The van der Waals surface area contributed by atoms with Crippen molar-refractivity contribution < 1.29 is 18.0 Å².